The number of fused-ring (bicyclic) bond motifs is 3. The largest absolute Gasteiger partial charge is 0.476 e. The summed E-state index contributed by atoms with van der Waals surface area (Å²) in [6.07, 6.45) is 3.23. The summed E-state index contributed by atoms with van der Waals surface area (Å²) in [5.74, 6) is -0.250. The lowest BCUT2D eigenvalue weighted by atomic mass is 10.1. The highest BCUT2D eigenvalue weighted by atomic mass is 16.6. The SMILES string of the molecule is CC(C)(C)OC(=O)N1CCN(C(=O)Cn2nc(C(=O)O)c3c2CC2CC32)C2(CC2)C1. The zero-order chi connectivity index (χ0) is 21.4. The van der Waals surface area contributed by atoms with Gasteiger partial charge in [0.2, 0.25) is 5.91 Å². The third-order valence-electron chi connectivity index (χ3n) is 6.77. The Morgan fingerprint density at radius 1 is 1.23 bits per heavy atom. The van der Waals surface area contributed by atoms with Crippen LogP contribution in [0.1, 0.15) is 67.7 Å². The van der Waals surface area contributed by atoms with E-state index >= 15 is 0 Å². The first-order valence-corrected chi connectivity index (χ1v) is 10.7. The van der Waals surface area contributed by atoms with Crippen LogP contribution in [0.4, 0.5) is 4.79 Å². The fourth-order valence-electron chi connectivity index (χ4n) is 5.11. The molecule has 30 heavy (non-hydrogen) atoms. The quantitative estimate of drug-likeness (QED) is 0.806. The minimum Gasteiger partial charge on any atom is -0.476 e. The van der Waals surface area contributed by atoms with Gasteiger partial charge in [-0.2, -0.15) is 5.10 Å². The Labute approximate surface area is 174 Å². The minimum absolute atomic E-state index is 0.0563. The summed E-state index contributed by atoms with van der Waals surface area (Å²) in [6, 6.07) is 0. The highest BCUT2D eigenvalue weighted by Gasteiger charge is 2.55. The number of carbonyl (C=O) groups excluding carboxylic acids is 2. The number of aromatic carboxylic acids is 1. The van der Waals surface area contributed by atoms with Crippen molar-refractivity contribution in [3.05, 3.63) is 17.0 Å². The standard InChI is InChI=1S/C21H28N4O5/c1-20(2,3)30-19(29)23-6-7-24(21(11-23)4-5-21)15(26)10-25-14-9-12-8-13(12)16(14)17(22-25)18(27)28/h12-13H,4-11H2,1-3H3,(H,27,28). The molecule has 2 heterocycles. The van der Waals surface area contributed by atoms with Crippen molar-refractivity contribution in [2.75, 3.05) is 19.6 Å². The number of hydrogen-bond donors (Lipinski definition) is 1. The number of nitrogens with zero attached hydrogens (tertiary/aromatic N) is 4. The number of hydrogen-bond acceptors (Lipinski definition) is 5. The summed E-state index contributed by atoms with van der Waals surface area (Å²) >= 11 is 0. The number of ether oxygens (including phenoxy) is 1. The maximum Gasteiger partial charge on any atom is 0.410 e. The van der Waals surface area contributed by atoms with Crippen LogP contribution in [0, 0.1) is 5.92 Å². The maximum atomic E-state index is 13.2. The zero-order valence-electron chi connectivity index (χ0n) is 17.7. The molecule has 9 heteroatoms. The number of carboxylic acid groups (broad SMARTS) is 1. The van der Waals surface area contributed by atoms with E-state index in [0.29, 0.717) is 31.5 Å². The highest BCUT2D eigenvalue weighted by molar-refractivity contribution is 5.88. The molecule has 0 aromatic carbocycles. The molecule has 1 aromatic rings. The van der Waals surface area contributed by atoms with E-state index in [9.17, 15) is 19.5 Å². The highest BCUT2D eigenvalue weighted by Crippen LogP contribution is 2.57. The molecule has 2 unspecified atom stereocenters. The summed E-state index contributed by atoms with van der Waals surface area (Å²) in [5, 5.41) is 13.8. The Bertz CT molecular complexity index is 942. The Morgan fingerprint density at radius 3 is 2.60 bits per heavy atom. The van der Waals surface area contributed by atoms with Gasteiger partial charge < -0.3 is 19.6 Å². The van der Waals surface area contributed by atoms with Gasteiger partial charge in [0.25, 0.3) is 0 Å². The molecule has 162 valence electrons. The summed E-state index contributed by atoms with van der Waals surface area (Å²) in [5.41, 5.74) is 0.999. The molecule has 3 aliphatic carbocycles. The molecular weight excluding hydrogens is 388 g/mol. The number of carboxylic acids is 1. The van der Waals surface area contributed by atoms with E-state index in [2.05, 4.69) is 5.10 Å². The van der Waals surface area contributed by atoms with E-state index < -0.39 is 11.6 Å². The van der Waals surface area contributed by atoms with Gasteiger partial charge in [0, 0.05) is 30.9 Å². The van der Waals surface area contributed by atoms with Crippen molar-refractivity contribution >= 4 is 18.0 Å². The molecule has 1 N–H and O–H groups in total. The van der Waals surface area contributed by atoms with Crippen molar-refractivity contribution in [1.29, 1.82) is 0 Å². The van der Waals surface area contributed by atoms with Crippen LogP contribution in [0.5, 0.6) is 0 Å². The molecule has 1 aromatic heterocycles. The molecule has 2 amide bonds. The second kappa shape index (κ2) is 6.21. The fraction of sp³-hybridized carbons (Fsp3) is 0.714. The van der Waals surface area contributed by atoms with Crippen LogP contribution in [-0.2, 0) is 22.5 Å². The lowest BCUT2D eigenvalue weighted by molar-refractivity contribution is -0.138. The van der Waals surface area contributed by atoms with Gasteiger partial charge in [-0.25, -0.2) is 9.59 Å². The van der Waals surface area contributed by atoms with Gasteiger partial charge in [0.1, 0.15) is 12.1 Å². The van der Waals surface area contributed by atoms with Crippen LogP contribution >= 0.6 is 0 Å². The van der Waals surface area contributed by atoms with Gasteiger partial charge in [-0.05, 0) is 58.3 Å². The summed E-state index contributed by atoms with van der Waals surface area (Å²) in [7, 11) is 0. The molecule has 1 saturated heterocycles. The molecule has 0 bridgehead atoms. The van der Waals surface area contributed by atoms with Crippen LogP contribution in [0.3, 0.4) is 0 Å². The molecule has 1 spiro atoms. The van der Waals surface area contributed by atoms with E-state index in [1.54, 1.807) is 9.58 Å². The predicted molar refractivity (Wildman–Crippen MR) is 105 cm³/mol. The Hall–Kier alpha value is -2.58. The van der Waals surface area contributed by atoms with E-state index in [4.69, 9.17) is 4.74 Å². The summed E-state index contributed by atoms with van der Waals surface area (Å²) in [4.78, 5) is 40.8. The van der Waals surface area contributed by atoms with Gasteiger partial charge in [-0.1, -0.05) is 0 Å². The van der Waals surface area contributed by atoms with Gasteiger partial charge in [-0.3, -0.25) is 9.48 Å². The number of amides is 2. The second-order valence-electron chi connectivity index (χ2n) is 10.1. The van der Waals surface area contributed by atoms with Crippen LogP contribution in [0.2, 0.25) is 0 Å². The van der Waals surface area contributed by atoms with Crippen molar-refractivity contribution in [3.63, 3.8) is 0 Å². The second-order valence-corrected chi connectivity index (χ2v) is 10.1. The monoisotopic (exact) mass is 416 g/mol. The summed E-state index contributed by atoms with van der Waals surface area (Å²) in [6.45, 7) is 6.96. The fourth-order valence-corrected chi connectivity index (χ4v) is 5.11. The van der Waals surface area contributed by atoms with Crippen LogP contribution in [-0.4, -0.2) is 73.4 Å². The Morgan fingerprint density at radius 2 is 1.97 bits per heavy atom. The van der Waals surface area contributed by atoms with Crippen molar-refractivity contribution in [3.8, 4) is 0 Å². The molecule has 2 saturated carbocycles. The molecule has 1 aliphatic heterocycles. The number of carbonyl (C=O) groups is 3. The van der Waals surface area contributed by atoms with Crippen molar-refractivity contribution in [2.24, 2.45) is 5.92 Å². The van der Waals surface area contributed by atoms with Crippen LogP contribution < -0.4 is 0 Å². The minimum atomic E-state index is -1.02. The van der Waals surface area contributed by atoms with Gasteiger partial charge in [-0.15, -0.1) is 0 Å². The summed E-state index contributed by atoms with van der Waals surface area (Å²) < 4.78 is 7.11. The number of aromatic nitrogens is 2. The molecule has 0 radical (unpaired) electrons. The van der Waals surface area contributed by atoms with Gasteiger partial charge in [0.05, 0.1) is 5.54 Å². The predicted octanol–water partition coefficient (Wildman–Crippen LogP) is 1.85. The average Bonchev–Trinajstić information content (AvgIpc) is 3.52. The lowest BCUT2D eigenvalue weighted by Gasteiger charge is -2.42. The van der Waals surface area contributed by atoms with Crippen molar-refractivity contribution in [2.45, 2.75) is 70.1 Å². The smallest absolute Gasteiger partial charge is 0.410 e. The molecule has 3 fully saturated rings. The van der Waals surface area contributed by atoms with Crippen molar-refractivity contribution in [1.82, 2.24) is 19.6 Å². The number of piperazine rings is 1. The lowest BCUT2D eigenvalue weighted by Crippen LogP contribution is -2.59. The Balaban J connectivity index is 1.30. The molecular formula is C21H28N4O5. The first-order chi connectivity index (χ1) is 14.1. The topological polar surface area (TPSA) is 105 Å². The van der Waals surface area contributed by atoms with E-state index in [0.717, 1.165) is 36.9 Å². The third kappa shape index (κ3) is 3.15. The van der Waals surface area contributed by atoms with Crippen LogP contribution in [0.25, 0.3) is 0 Å². The molecule has 9 nitrogen and oxygen atoms in total. The first-order valence-electron chi connectivity index (χ1n) is 10.7. The molecule has 2 atom stereocenters. The van der Waals surface area contributed by atoms with Gasteiger partial charge in [0.15, 0.2) is 5.69 Å². The zero-order valence-corrected chi connectivity index (χ0v) is 17.7. The van der Waals surface area contributed by atoms with Crippen LogP contribution in [0.15, 0.2) is 0 Å². The third-order valence-corrected chi connectivity index (χ3v) is 6.77. The van der Waals surface area contributed by atoms with E-state index in [1.165, 1.54) is 0 Å². The van der Waals surface area contributed by atoms with E-state index in [1.807, 2.05) is 25.7 Å². The molecule has 4 aliphatic rings. The normalized spacial score (nSPS) is 25.7. The first kappa shape index (κ1) is 19.4. The maximum absolute atomic E-state index is 13.2. The Kier molecular flexibility index (Phi) is 4.02. The molecule has 5 rings (SSSR count). The average molecular weight is 416 g/mol. The van der Waals surface area contributed by atoms with Crippen molar-refractivity contribution < 1.29 is 24.2 Å². The van der Waals surface area contributed by atoms with E-state index in [-0.39, 0.29) is 29.8 Å². The number of rotatable bonds is 3. The van der Waals surface area contributed by atoms with Gasteiger partial charge >= 0.3 is 12.1 Å².